The molecule has 1 N–H and O–H groups in total. The van der Waals surface area contributed by atoms with E-state index in [1.165, 1.54) is 29.5 Å². The van der Waals surface area contributed by atoms with Crippen LogP contribution in [0.2, 0.25) is 0 Å². The number of benzene rings is 2. The van der Waals surface area contributed by atoms with Crippen LogP contribution in [0.25, 0.3) is 0 Å². The van der Waals surface area contributed by atoms with Gasteiger partial charge in [-0.25, -0.2) is 0 Å². The first-order valence-corrected chi connectivity index (χ1v) is 7.00. The topological polar surface area (TPSA) is 20.2 Å². The van der Waals surface area contributed by atoms with E-state index in [2.05, 4.69) is 50.2 Å². The molecular formula is C18H20O. The lowest BCUT2D eigenvalue weighted by Gasteiger charge is -2.13. The predicted octanol–water partition coefficient (Wildman–Crippen LogP) is 4.26. The van der Waals surface area contributed by atoms with Gasteiger partial charge in [-0.05, 0) is 60.4 Å². The maximum absolute atomic E-state index is 10.5. The van der Waals surface area contributed by atoms with Crippen LogP contribution < -0.4 is 0 Å². The molecular weight excluding hydrogens is 232 g/mol. The summed E-state index contributed by atoms with van der Waals surface area (Å²) in [5.74, 6) is 0.771. The predicted molar refractivity (Wildman–Crippen MR) is 78.4 cm³/mol. The van der Waals surface area contributed by atoms with E-state index >= 15 is 0 Å². The Bertz CT molecular complexity index is 579. The average molecular weight is 252 g/mol. The molecule has 0 amide bonds. The molecule has 1 unspecified atom stereocenters. The van der Waals surface area contributed by atoms with Gasteiger partial charge in [0.05, 0.1) is 0 Å². The van der Waals surface area contributed by atoms with Crippen molar-refractivity contribution in [2.45, 2.75) is 38.7 Å². The summed E-state index contributed by atoms with van der Waals surface area (Å²) in [6.07, 6.45) is 2.12. The molecule has 0 spiro atoms. The molecule has 0 bridgehead atoms. The first kappa shape index (κ1) is 12.4. The zero-order valence-corrected chi connectivity index (χ0v) is 11.6. The van der Waals surface area contributed by atoms with E-state index in [9.17, 15) is 5.11 Å². The molecule has 3 rings (SSSR count). The fourth-order valence-corrected chi connectivity index (χ4v) is 2.49. The van der Waals surface area contributed by atoms with Crippen LogP contribution in [0.1, 0.15) is 52.7 Å². The Balaban J connectivity index is 1.85. The first-order valence-electron chi connectivity index (χ1n) is 7.00. The minimum absolute atomic E-state index is 0.521. The fraction of sp³-hybridized carbons (Fsp3) is 0.333. The van der Waals surface area contributed by atoms with Gasteiger partial charge in [-0.3, -0.25) is 0 Å². The maximum atomic E-state index is 10.5. The van der Waals surface area contributed by atoms with Crippen molar-refractivity contribution in [1.82, 2.24) is 0 Å². The zero-order valence-electron chi connectivity index (χ0n) is 11.6. The highest BCUT2D eigenvalue weighted by Gasteiger charge is 2.23. The van der Waals surface area contributed by atoms with Gasteiger partial charge in [0.1, 0.15) is 6.10 Å². The third-order valence-corrected chi connectivity index (χ3v) is 4.15. The SMILES string of the molecule is Cc1ccc(C(O)c2ccc(C3CC3)cc2)cc1C. The highest BCUT2D eigenvalue weighted by Crippen LogP contribution is 2.40. The minimum atomic E-state index is -0.521. The van der Waals surface area contributed by atoms with Crippen molar-refractivity contribution in [1.29, 1.82) is 0 Å². The van der Waals surface area contributed by atoms with Crippen LogP contribution in [-0.4, -0.2) is 5.11 Å². The standard InChI is InChI=1S/C18H20O/c1-12-3-4-17(11-13(12)2)18(19)16-9-7-15(8-10-16)14-5-6-14/h3-4,7-11,14,18-19H,5-6H2,1-2H3. The summed E-state index contributed by atoms with van der Waals surface area (Å²) in [6, 6.07) is 14.6. The number of aliphatic hydroxyl groups is 1. The average Bonchev–Trinajstić information content (AvgIpc) is 3.26. The Hall–Kier alpha value is -1.60. The van der Waals surface area contributed by atoms with Gasteiger partial charge < -0.3 is 5.11 Å². The molecule has 0 aliphatic heterocycles. The molecule has 1 heteroatoms. The van der Waals surface area contributed by atoms with Gasteiger partial charge in [0.15, 0.2) is 0 Å². The number of aliphatic hydroxyl groups excluding tert-OH is 1. The summed E-state index contributed by atoms with van der Waals surface area (Å²) < 4.78 is 0. The second-order valence-corrected chi connectivity index (χ2v) is 5.69. The number of hydrogen-bond acceptors (Lipinski definition) is 1. The molecule has 0 saturated heterocycles. The summed E-state index contributed by atoms with van der Waals surface area (Å²) in [4.78, 5) is 0. The Labute approximate surface area is 114 Å². The molecule has 1 atom stereocenters. The smallest absolute Gasteiger partial charge is 0.104 e. The van der Waals surface area contributed by atoms with E-state index in [4.69, 9.17) is 0 Å². The molecule has 0 aromatic heterocycles. The third kappa shape index (κ3) is 2.57. The lowest BCUT2D eigenvalue weighted by molar-refractivity contribution is 0.220. The van der Waals surface area contributed by atoms with Gasteiger partial charge in [0.2, 0.25) is 0 Å². The largest absolute Gasteiger partial charge is 0.384 e. The minimum Gasteiger partial charge on any atom is -0.384 e. The monoisotopic (exact) mass is 252 g/mol. The summed E-state index contributed by atoms with van der Waals surface area (Å²) in [5, 5.41) is 10.5. The molecule has 19 heavy (non-hydrogen) atoms. The van der Waals surface area contributed by atoms with Crippen LogP contribution >= 0.6 is 0 Å². The number of rotatable bonds is 3. The van der Waals surface area contributed by atoms with E-state index < -0.39 is 6.10 Å². The van der Waals surface area contributed by atoms with Crippen LogP contribution in [0, 0.1) is 13.8 Å². The zero-order chi connectivity index (χ0) is 13.4. The molecule has 2 aromatic rings. The Morgan fingerprint density at radius 3 is 2.11 bits per heavy atom. The van der Waals surface area contributed by atoms with Gasteiger partial charge in [0.25, 0.3) is 0 Å². The van der Waals surface area contributed by atoms with Gasteiger partial charge in [-0.2, -0.15) is 0 Å². The van der Waals surface area contributed by atoms with Gasteiger partial charge in [0, 0.05) is 0 Å². The molecule has 2 aromatic carbocycles. The van der Waals surface area contributed by atoms with Crippen molar-refractivity contribution < 1.29 is 5.11 Å². The Morgan fingerprint density at radius 2 is 1.53 bits per heavy atom. The second-order valence-electron chi connectivity index (χ2n) is 5.69. The summed E-state index contributed by atoms with van der Waals surface area (Å²) in [5.41, 5.74) is 5.86. The maximum Gasteiger partial charge on any atom is 0.104 e. The van der Waals surface area contributed by atoms with E-state index in [0.29, 0.717) is 0 Å². The fourth-order valence-electron chi connectivity index (χ4n) is 2.49. The normalized spacial score (nSPS) is 16.4. The summed E-state index contributed by atoms with van der Waals surface area (Å²) in [6.45, 7) is 4.18. The molecule has 0 radical (unpaired) electrons. The lowest BCUT2D eigenvalue weighted by Crippen LogP contribution is -2.00. The van der Waals surface area contributed by atoms with Gasteiger partial charge in [-0.1, -0.05) is 42.5 Å². The van der Waals surface area contributed by atoms with Gasteiger partial charge in [-0.15, -0.1) is 0 Å². The Kier molecular flexibility index (Phi) is 3.16. The van der Waals surface area contributed by atoms with Crippen molar-refractivity contribution in [3.05, 3.63) is 70.3 Å². The van der Waals surface area contributed by atoms with Crippen molar-refractivity contribution in [3.63, 3.8) is 0 Å². The highest BCUT2D eigenvalue weighted by molar-refractivity contribution is 5.37. The molecule has 1 aliphatic carbocycles. The third-order valence-electron chi connectivity index (χ3n) is 4.15. The van der Waals surface area contributed by atoms with Crippen molar-refractivity contribution >= 4 is 0 Å². The van der Waals surface area contributed by atoms with Crippen LogP contribution in [0.4, 0.5) is 0 Å². The molecule has 98 valence electrons. The van der Waals surface area contributed by atoms with Crippen molar-refractivity contribution in [2.24, 2.45) is 0 Å². The van der Waals surface area contributed by atoms with Crippen molar-refractivity contribution in [2.75, 3.05) is 0 Å². The number of aryl methyl sites for hydroxylation is 2. The molecule has 1 saturated carbocycles. The van der Waals surface area contributed by atoms with E-state index in [0.717, 1.165) is 17.0 Å². The van der Waals surface area contributed by atoms with E-state index in [1.54, 1.807) is 0 Å². The second kappa shape index (κ2) is 4.82. The van der Waals surface area contributed by atoms with E-state index in [1.807, 2.05) is 6.07 Å². The first-order chi connectivity index (χ1) is 9.15. The van der Waals surface area contributed by atoms with Crippen LogP contribution in [0.5, 0.6) is 0 Å². The lowest BCUT2D eigenvalue weighted by atomic mass is 9.97. The van der Waals surface area contributed by atoms with Crippen LogP contribution in [0.3, 0.4) is 0 Å². The van der Waals surface area contributed by atoms with Crippen molar-refractivity contribution in [3.8, 4) is 0 Å². The molecule has 0 heterocycles. The summed E-state index contributed by atoms with van der Waals surface area (Å²) >= 11 is 0. The molecule has 1 aliphatic rings. The van der Waals surface area contributed by atoms with Crippen LogP contribution in [0.15, 0.2) is 42.5 Å². The number of hydrogen-bond donors (Lipinski definition) is 1. The van der Waals surface area contributed by atoms with Crippen LogP contribution in [-0.2, 0) is 0 Å². The Morgan fingerprint density at radius 1 is 0.895 bits per heavy atom. The molecule has 1 nitrogen and oxygen atoms in total. The highest BCUT2D eigenvalue weighted by atomic mass is 16.3. The molecule has 1 fully saturated rings. The summed E-state index contributed by atoms with van der Waals surface area (Å²) in [7, 11) is 0. The van der Waals surface area contributed by atoms with E-state index in [-0.39, 0.29) is 0 Å². The van der Waals surface area contributed by atoms with Gasteiger partial charge >= 0.3 is 0 Å². The quantitative estimate of drug-likeness (QED) is 0.865.